The first-order valence-corrected chi connectivity index (χ1v) is 7.69. The Labute approximate surface area is 133 Å². The van der Waals surface area contributed by atoms with Gasteiger partial charge in [0.05, 0.1) is 22.5 Å². The second-order valence-electron chi connectivity index (χ2n) is 5.07. The second-order valence-corrected chi connectivity index (χ2v) is 6.36. The molecule has 0 radical (unpaired) electrons. The summed E-state index contributed by atoms with van der Waals surface area (Å²) in [6, 6.07) is 9.57. The van der Waals surface area contributed by atoms with Crippen LogP contribution in [0.4, 0.5) is 0 Å². The third kappa shape index (κ3) is 3.80. The molecule has 2 rings (SSSR count). The molecule has 5 heteroatoms. The summed E-state index contributed by atoms with van der Waals surface area (Å²) in [5.41, 5.74) is 2.39. The van der Waals surface area contributed by atoms with Gasteiger partial charge < -0.3 is 9.64 Å². The van der Waals surface area contributed by atoms with Gasteiger partial charge in [0.15, 0.2) is 0 Å². The van der Waals surface area contributed by atoms with Crippen molar-refractivity contribution in [2.75, 3.05) is 27.3 Å². The number of halogens is 1. The number of rotatable bonds is 5. The molecule has 21 heavy (non-hydrogen) atoms. The summed E-state index contributed by atoms with van der Waals surface area (Å²) in [7, 11) is 3.45. The van der Waals surface area contributed by atoms with Crippen LogP contribution in [0, 0.1) is 6.92 Å². The maximum absolute atomic E-state index is 12.7. The zero-order valence-electron chi connectivity index (χ0n) is 12.5. The maximum atomic E-state index is 12.7. The van der Waals surface area contributed by atoms with Crippen molar-refractivity contribution in [2.45, 2.75) is 11.8 Å². The highest BCUT2D eigenvalue weighted by Gasteiger charge is 2.18. The Balaban J connectivity index is 2.30. The van der Waals surface area contributed by atoms with Crippen molar-refractivity contribution in [3.63, 3.8) is 0 Å². The van der Waals surface area contributed by atoms with E-state index in [1.54, 1.807) is 19.1 Å². The van der Waals surface area contributed by atoms with Gasteiger partial charge in [-0.25, -0.2) is 0 Å². The molecule has 0 aliphatic rings. The summed E-state index contributed by atoms with van der Waals surface area (Å²) >= 11 is 3.51. The summed E-state index contributed by atoms with van der Waals surface area (Å²) in [5, 5.41) is 0.887. The Morgan fingerprint density at radius 1 is 1.43 bits per heavy atom. The number of fused-ring (bicyclic) bond motifs is 1. The van der Waals surface area contributed by atoms with Crippen LogP contribution in [0.1, 0.15) is 16.1 Å². The largest absolute Gasteiger partial charge is 0.383 e. The molecular formula is C16H19BrN2O2. The number of amides is 1. The first-order valence-electron chi connectivity index (χ1n) is 6.77. The molecule has 1 aromatic carbocycles. The molecule has 0 saturated carbocycles. The van der Waals surface area contributed by atoms with Crippen molar-refractivity contribution >= 4 is 32.7 Å². The fourth-order valence-corrected chi connectivity index (χ4v) is 3.00. The minimum absolute atomic E-state index is 0.00254. The number of methoxy groups -OCH3 is 1. The molecular weight excluding hydrogens is 332 g/mol. The van der Waals surface area contributed by atoms with Gasteiger partial charge in [-0.1, -0.05) is 34.1 Å². The van der Waals surface area contributed by atoms with E-state index in [1.807, 2.05) is 37.3 Å². The van der Waals surface area contributed by atoms with Crippen molar-refractivity contribution in [3.8, 4) is 0 Å². The lowest BCUT2D eigenvalue weighted by Gasteiger charge is -2.21. The molecule has 1 amide bonds. The van der Waals surface area contributed by atoms with Gasteiger partial charge in [0, 0.05) is 31.8 Å². The van der Waals surface area contributed by atoms with E-state index in [4.69, 9.17) is 4.74 Å². The third-order valence-electron chi connectivity index (χ3n) is 3.24. The average molecular weight is 351 g/mol. The molecule has 112 valence electrons. The van der Waals surface area contributed by atoms with E-state index in [2.05, 4.69) is 20.9 Å². The minimum Gasteiger partial charge on any atom is -0.383 e. The van der Waals surface area contributed by atoms with Crippen LogP contribution < -0.4 is 0 Å². The number of para-hydroxylation sites is 1. The van der Waals surface area contributed by atoms with Crippen molar-refractivity contribution < 1.29 is 9.53 Å². The summed E-state index contributed by atoms with van der Waals surface area (Å²) in [4.78, 5) is 19.0. The lowest BCUT2D eigenvalue weighted by Crippen LogP contribution is -2.33. The van der Waals surface area contributed by atoms with Crippen LogP contribution in [0.25, 0.3) is 10.9 Å². The lowest BCUT2D eigenvalue weighted by molar-refractivity contribution is 0.0786. The van der Waals surface area contributed by atoms with Crippen molar-refractivity contribution in [1.82, 2.24) is 9.88 Å². The van der Waals surface area contributed by atoms with Gasteiger partial charge in [0.2, 0.25) is 0 Å². The third-order valence-corrected chi connectivity index (χ3v) is 3.79. The molecule has 1 aromatic heterocycles. The van der Waals surface area contributed by atoms with E-state index in [0.29, 0.717) is 18.7 Å². The summed E-state index contributed by atoms with van der Waals surface area (Å²) < 4.78 is 5.08. The molecule has 1 atom stereocenters. The molecule has 0 aliphatic heterocycles. The van der Waals surface area contributed by atoms with Gasteiger partial charge in [-0.05, 0) is 19.1 Å². The topological polar surface area (TPSA) is 42.4 Å². The maximum Gasteiger partial charge on any atom is 0.254 e. The van der Waals surface area contributed by atoms with Crippen LogP contribution in [-0.4, -0.2) is 47.9 Å². The fraction of sp³-hybridized carbons (Fsp3) is 0.375. The standard InChI is InChI=1S/C16H19BrN2O2/c1-11-8-14(13-6-4-5-7-15(13)18-11)16(20)19(2)9-12(17)10-21-3/h4-8,12H,9-10H2,1-3H3. The van der Waals surface area contributed by atoms with Crippen LogP contribution >= 0.6 is 15.9 Å². The van der Waals surface area contributed by atoms with E-state index in [-0.39, 0.29) is 10.7 Å². The lowest BCUT2D eigenvalue weighted by atomic mass is 10.1. The molecule has 0 saturated heterocycles. The molecule has 0 N–H and O–H groups in total. The number of pyridine rings is 1. The number of hydrogen-bond acceptors (Lipinski definition) is 3. The van der Waals surface area contributed by atoms with E-state index in [0.717, 1.165) is 16.6 Å². The van der Waals surface area contributed by atoms with Gasteiger partial charge in [-0.3, -0.25) is 9.78 Å². The van der Waals surface area contributed by atoms with Gasteiger partial charge in [0.1, 0.15) is 0 Å². The Bertz CT molecular complexity index is 645. The molecule has 1 heterocycles. The van der Waals surface area contributed by atoms with E-state index >= 15 is 0 Å². The number of ether oxygens (including phenoxy) is 1. The molecule has 0 aliphatic carbocycles. The van der Waals surface area contributed by atoms with Gasteiger partial charge in [-0.15, -0.1) is 0 Å². The average Bonchev–Trinajstić information content (AvgIpc) is 2.45. The molecule has 1 unspecified atom stereocenters. The number of alkyl halides is 1. The Morgan fingerprint density at radius 2 is 2.14 bits per heavy atom. The predicted molar refractivity (Wildman–Crippen MR) is 88.0 cm³/mol. The molecule has 0 fully saturated rings. The van der Waals surface area contributed by atoms with Crippen LogP contribution in [0.5, 0.6) is 0 Å². The number of aryl methyl sites for hydroxylation is 1. The minimum atomic E-state index is -0.00254. The first-order chi connectivity index (χ1) is 10.0. The monoisotopic (exact) mass is 350 g/mol. The molecule has 0 bridgehead atoms. The summed E-state index contributed by atoms with van der Waals surface area (Å²) in [6.07, 6.45) is 0. The smallest absolute Gasteiger partial charge is 0.254 e. The van der Waals surface area contributed by atoms with Crippen LogP contribution in [0.15, 0.2) is 30.3 Å². The SMILES string of the molecule is COCC(Br)CN(C)C(=O)c1cc(C)nc2ccccc12. The normalized spacial score (nSPS) is 12.4. The van der Waals surface area contributed by atoms with Gasteiger partial charge in [-0.2, -0.15) is 0 Å². The van der Waals surface area contributed by atoms with Crippen molar-refractivity contribution in [2.24, 2.45) is 0 Å². The van der Waals surface area contributed by atoms with E-state index in [9.17, 15) is 4.79 Å². The summed E-state index contributed by atoms with van der Waals surface area (Å²) in [5.74, 6) is -0.00254. The van der Waals surface area contributed by atoms with Gasteiger partial charge >= 0.3 is 0 Å². The Morgan fingerprint density at radius 3 is 2.86 bits per heavy atom. The van der Waals surface area contributed by atoms with Crippen molar-refractivity contribution in [3.05, 3.63) is 41.6 Å². The number of carbonyl (C=O) groups is 1. The highest BCUT2D eigenvalue weighted by molar-refractivity contribution is 9.09. The van der Waals surface area contributed by atoms with Gasteiger partial charge in [0.25, 0.3) is 5.91 Å². The number of hydrogen-bond donors (Lipinski definition) is 0. The van der Waals surface area contributed by atoms with Crippen molar-refractivity contribution in [1.29, 1.82) is 0 Å². The molecule has 4 nitrogen and oxygen atoms in total. The van der Waals surface area contributed by atoms with E-state index < -0.39 is 0 Å². The Hall–Kier alpha value is -1.46. The Kier molecular flexibility index (Phi) is 5.31. The molecule has 2 aromatic rings. The zero-order chi connectivity index (χ0) is 15.4. The highest BCUT2D eigenvalue weighted by Crippen LogP contribution is 2.20. The number of aromatic nitrogens is 1. The van der Waals surface area contributed by atoms with Crippen LogP contribution in [0.3, 0.4) is 0 Å². The number of benzene rings is 1. The number of carbonyl (C=O) groups excluding carboxylic acids is 1. The van der Waals surface area contributed by atoms with Crippen LogP contribution in [0.2, 0.25) is 0 Å². The highest BCUT2D eigenvalue weighted by atomic mass is 79.9. The number of nitrogens with zero attached hydrogens (tertiary/aromatic N) is 2. The quantitative estimate of drug-likeness (QED) is 0.778. The first kappa shape index (κ1) is 15.9. The predicted octanol–water partition coefficient (Wildman–Crippen LogP) is 3.03. The van der Waals surface area contributed by atoms with Crippen LogP contribution in [-0.2, 0) is 4.74 Å². The summed E-state index contributed by atoms with van der Waals surface area (Å²) in [6.45, 7) is 3.05. The molecule has 0 spiro atoms. The van der Waals surface area contributed by atoms with E-state index in [1.165, 1.54) is 0 Å². The fourth-order valence-electron chi connectivity index (χ4n) is 2.30. The zero-order valence-corrected chi connectivity index (χ0v) is 14.1. The second kappa shape index (κ2) is 7.00.